The zero-order valence-corrected chi connectivity index (χ0v) is 10.9. The minimum atomic E-state index is 0.466. The number of ether oxygens (including phenoxy) is 1. The topological polar surface area (TPSA) is 27.1 Å². The van der Waals surface area contributed by atoms with Crippen LogP contribution in [0.1, 0.15) is 11.3 Å². The number of hydrogen-bond donors (Lipinski definition) is 0. The van der Waals surface area contributed by atoms with Crippen LogP contribution in [0.15, 0.2) is 30.3 Å². The van der Waals surface area contributed by atoms with Crippen LogP contribution in [-0.4, -0.2) is 16.9 Å². The fourth-order valence-corrected chi connectivity index (χ4v) is 1.89. The van der Waals surface area contributed by atoms with E-state index in [2.05, 4.69) is 5.10 Å². The summed E-state index contributed by atoms with van der Waals surface area (Å²) in [6.07, 6.45) is 0. The highest BCUT2D eigenvalue weighted by molar-refractivity contribution is 6.30. The van der Waals surface area contributed by atoms with Crippen molar-refractivity contribution in [2.75, 3.05) is 7.11 Å². The van der Waals surface area contributed by atoms with Gasteiger partial charge in [-0.05, 0) is 17.7 Å². The highest BCUT2D eigenvalue weighted by Gasteiger charge is 2.06. The molecular weight excluding hydrogens is 259 g/mol. The van der Waals surface area contributed by atoms with Gasteiger partial charge in [0.2, 0.25) is 0 Å². The summed E-state index contributed by atoms with van der Waals surface area (Å²) in [6, 6.07) is 9.42. The minimum absolute atomic E-state index is 0.466. The van der Waals surface area contributed by atoms with Crippen LogP contribution in [0.3, 0.4) is 0 Å². The van der Waals surface area contributed by atoms with Crippen molar-refractivity contribution in [2.45, 2.75) is 13.2 Å². The van der Waals surface area contributed by atoms with Gasteiger partial charge in [-0.25, -0.2) is 4.68 Å². The maximum atomic E-state index is 6.08. The van der Waals surface area contributed by atoms with Crippen LogP contribution in [0.2, 0.25) is 10.2 Å². The number of nitrogens with zero attached hydrogens (tertiary/aromatic N) is 2. The third kappa shape index (κ3) is 3.22. The largest absolute Gasteiger partial charge is 0.378 e. The first-order valence-corrected chi connectivity index (χ1v) is 5.90. The molecule has 0 bridgehead atoms. The molecule has 3 nitrogen and oxygen atoms in total. The van der Waals surface area contributed by atoms with E-state index in [1.807, 2.05) is 24.3 Å². The highest BCUT2D eigenvalue weighted by atomic mass is 35.5. The lowest BCUT2D eigenvalue weighted by atomic mass is 10.2. The number of benzene rings is 1. The predicted octanol–water partition coefficient (Wildman–Crippen LogP) is 3.38. The molecule has 0 radical (unpaired) electrons. The molecule has 0 unspecified atom stereocenters. The van der Waals surface area contributed by atoms with Crippen molar-refractivity contribution in [2.24, 2.45) is 0 Å². The average molecular weight is 271 g/mol. The Morgan fingerprint density at radius 2 is 1.94 bits per heavy atom. The number of rotatable bonds is 4. The van der Waals surface area contributed by atoms with E-state index in [-0.39, 0.29) is 0 Å². The quantitative estimate of drug-likeness (QED) is 0.852. The molecule has 0 saturated carbocycles. The fourth-order valence-electron chi connectivity index (χ4n) is 1.54. The van der Waals surface area contributed by atoms with Gasteiger partial charge in [0.1, 0.15) is 5.15 Å². The number of methoxy groups -OCH3 is 1. The van der Waals surface area contributed by atoms with Crippen LogP contribution in [-0.2, 0) is 17.9 Å². The zero-order chi connectivity index (χ0) is 12.3. The molecule has 0 N–H and O–H groups in total. The predicted molar refractivity (Wildman–Crippen MR) is 68.5 cm³/mol. The molecule has 1 aromatic carbocycles. The first kappa shape index (κ1) is 12.4. The first-order chi connectivity index (χ1) is 8.19. The molecular formula is C12H12Cl2N2O. The van der Waals surface area contributed by atoms with Crippen molar-refractivity contribution in [3.63, 3.8) is 0 Å². The average Bonchev–Trinajstić information content (AvgIpc) is 2.63. The SMILES string of the molecule is COCc1cc(Cl)n(Cc2ccc(Cl)cc2)n1. The van der Waals surface area contributed by atoms with Gasteiger partial charge >= 0.3 is 0 Å². The molecule has 1 heterocycles. The molecule has 0 aliphatic carbocycles. The van der Waals surface area contributed by atoms with Gasteiger partial charge in [0, 0.05) is 18.2 Å². The third-order valence-corrected chi connectivity index (χ3v) is 2.88. The smallest absolute Gasteiger partial charge is 0.127 e. The second-order valence-electron chi connectivity index (χ2n) is 3.68. The molecule has 0 aliphatic heterocycles. The van der Waals surface area contributed by atoms with E-state index in [0.29, 0.717) is 18.3 Å². The Kier molecular flexibility index (Phi) is 4.05. The van der Waals surface area contributed by atoms with Crippen LogP contribution >= 0.6 is 23.2 Å². The standard InChI is InChI=1S/C12H12Cl2N2O/c1-17-8-11-6-12(14)16(15-11)7-9-2-4-10(13)5-3-9/h2-6H,7-8H2,1H3. The second kappa shape index (κ2) is 5.54. The maximum Gasteiger partial charge on any atom is 0.127 e. The van der Waals surface area contributed by atoms with Gasteiger partial charge in [-0.1, -0.05) is 35.3 Å². The lowest BCUT2D eigenvalue weighted by Gasteiger charge is -2.03. The molecule has 1 aromatic heterocycles. The van der Waals surface area contributed by atoms with Gasteiger partial charge in [-0.15, -0.1) is 0 Å². The Morgan fingerprint density at radius 3 is 2.59 bits per heavy atom. The number of aromatic nitrogens is 2. The van der Waals surface area contributed by atoms with Crippen molar-refractivity contribution in [3.05, 3.63) is 51.8 Å². The maximum absolute atomic E-state index is 6.08. The van der Waals surface area contributed by atoms with Crippen LogP contribution in [0.4, 0.5) is 0 Å². The Morgan fingerprint density at radius 1 is 1.24 bits per heavy atom. The molecule has 2 aromatic rings. The van der Waals surface area contributed by atoms with E-state index in [0.717, 1.165) is 16.3 Å². The highest BCUT2D eigenvalue weighted by Crippen LogP contribution is 2.15. The zero-order valence-electron chi connectivity index (χ0n) is 9.36. The van der Waals surface area contributed by atoms with E-state index in [1.54, 1.807) is 17.9 Å². The van der Waals surface area contributed by atoms with Gasteiger partial charge in [0.25, 0.3) is 0 Å². The Balaban J connectivity index is 2.15. The van der Waals surface area contributed by atoms with Crippen LogP contribution in [0, 0.1) is 0 Å². The Bertz CT molecular complexity index is 494. The number of hydrogen-bond acceptors (Lipinski definition) is 2. The molecule has 5 heteroatoms. The molecule has 0 amide bonds. The van der Waals surface area contributed by atoms with E-state index in [9.17, 15) is 0 Å². The van der Waals surface area contributed by atoms with E-state index < -0.39 is 0 Å². The van der Waals surface area contributed by atoms with Gasteiger partial charge < -0.3 is 4.74 Å². The summed E-state index contributed by atoms with van der Waals surface area (Å²) in [5, 5.41) is 5.67. The molecule has 0 atom stereocenters. The lowest BCUT2D eigenvalue weighted by Crippen LogP contribution is -2.02. The summed E-state index contributed by atoms with van der Waals surface area (Å²) in [5.74, 6) is 0. The van der Waals surface area contributed by atoms with Crippen LogP contribution in [0.25, 0.3) is 0 Å². The monoisotopic (exact) mass is 270 g/mol. The molecule has 17 heavy (non-hydrogen) atoms. The van der Waals surface area contributed by atoms with Gasteiger partial charge in [0.15, 0.2) is 0 Å². The summed E-state index contributed by atoms with van der Waals surface area (Å²) >= 11 is 11.9. The van der Waals surface area contributed by atoms with Gasteiger partial charge in [-0.2, -0.15) is 5.10 Å². The lowest BCUT2D eigenvalue weighted by molar-refractivity contribution is 0.181. The van der Waals surface area contributed by atoms with Crippen molar-refractivity contribution in [1.82, 2.24) is 9.78 Å². The summed E-state index contributed by atoms with van der Waals surface area (Å²) in [5.41, 5.74) is 1.93. The van der Waals surface area contributed by atoms with Crippen LogP contribution < -0.4 is 0 Å². The van der Waals surface area contributed by atoms with Crippen molar-refractivity contribution < 1.29 is 4.74 Å². The van der Waals surface area contributed by atoms with Crippen molar-refractivity contribution >= 4 is 23.2 Å². The van der Waals surface area contributed by atoms with Crippen molar-refractivity contribution in [1.29, 1.82) is 0 Å². The molecule has 0 fully saturated rings. The normalized spacial score (nSPS) is 10.8. The summed E-state index contributed by atoms with van der Waals surface area (Å²) in [7, 11) is 1.63. The van der Waals surface area contributed by atoms with E-state index in [1.165, 1.54) is 0 Å². The third-order valence-electron chi connectivity index (χ3n) is 2.32. The molecule has 90 valence electrons. The molecule has 0 saturated heterocycles. The Labute approximate surface area is 110 Å². The molecule has 0 aliphatic rings. The minimum Gasteiger partial charge on any atom is -0.378 e. The van der Waals surface area contributed by atoms with Crippen LogP contribution in [0.5, 0.6) is 0 Å². The van der Waals surface area contributed by atoms with E-state index in [4.69, 9.17) is 27.9 Å². The first-order valence-electron chi connectivity index (χ1n) is 5.14. The fraction of sp³-hybridized carbons (Fsp3) is 0.250. The summed E-state index contributed by atoms with van der Waals surface area (Å²) in [6.45, 7) is 1.09. The Hall–Kier alpha value is -1.03. The van der Waals surface area contributed by atoms with Gasteiger partial charge in [0.05, 0.1) is 18.8 Å². The molecule has 2 rings (SSSR count). The molecule has 0 spiro atoms. The summed E-state index contributed by atoms with van der Waals surface area (Å²) in [4.78, 5) is 0. The second-order valence-corrected chi connectivity index (χ2v) is 4.50. The van der Waals surface area contributed by atoms with Gasteiger partial charge in [-0.3, -0.25) is 0 Å². The number of halogens is 2. The summed E-state index contributed by atoms with van der Waals surface area (Å²) < 4.78 is 6.75. The van der Waals surface area contributed by atoms with Crippen molar-refractivity contribution in [3.8, 4) is 0 Å². The van der Waals surface area contributed by atoms with E-state index >= 15 is 0 Å².